The van der Waals surface area contributed by atoms with Crippen LogP contribution in [-0.2, 0) is 0 Å². The second-order valence-corrected chi connectivity index (χ2v) is 1.93. The molecule has 0 aromatic rings. The Labute approximate surface area is 81.6 Å². The van der Waals surface area contributed by atoms with Crippen LogP contribution in [0.2, 0.25) is 0 Å². The van der Waals surface area contributed by atoms with Crippen molar-refractivity contribution in [1.82, 2.24) is 0 Å². The molecule has 1 N–H and O–H groups in total. The SMILES string of the molecule is CC(C)CC[NH-].[Ac]. The molecule has 0 spiro atoms. The fourth-order valence-corrected chi connectivity index (χ4v) is 0.289. The van der Waals surface area contributed by atoms with Crippen molar-refractivity contribution in [3.8, 4) is 0 Å². The minimum atomic E-state index is 0. The summed E-state index contributed by atoms with van der Waals surface area (Å²) in [6, 6.07) is 0. The third kappa shape index (κ3) is 11.1. The predicted octanol–water partition coefficient (Wildman–Crippen LogP) is 2.08. The minimum absolute atomic E-state index is 0. The third-order valence-electron chi connectivity index (χ3n) is 0.722. The summed E-state index contributed by atoms with van der Waals surface area (Å²) in [5.74, 6) is 0.711. The maximum atomic E-state index is 6.73. The summed E-state index contributed by atoms with van der Waals surface area (Å²) in [5, 5.41) is 0. The molecule has 2 heteroatoms. The number of hydrogen-bond donors (Lipinski definition) is 0. The van der Waals surface area contributed by atoms with Crippen LogP contribution in [0.3, 0.4) is 0 Å². The van der Waals surface area contributed by atoms with E-state index in [0.717, 1.165) is 6.42 Å². The van der Waals surface area contributed by atoms with E-state index in [2.05, 4.69) is 13.8 Å². The molecular weight excluding hydrogens is 301 g/mol. The Hall–Kier alpha value is 1.40. The van der Waals surface area contributed by atoms with E-state index in [0.29, 0.717) is 12.5 Å². The first kappa shape index (κ1) is 11.2. The monoisotopic (exact) mass is 313 g/mol. The summed E-state index contributed by atoms with van der Waals surface area (Å²) in [4.78, 5) is 0. The first-order valence-corrected chi connectivity index (χ1v) is 2.42. The maximum Gasteiger partial charge on any atom is 0 e. The van der Waals surface area contributed by atoms with Gasteiger partial charge in [-0.15, -0.1) is 0 Å². The molecule has 0 aliphatic rings. The molecule has 0 atom stereocenters. The van der Waals surface area contributed by atoms with Gasteiger partial charge in [-0.1, -0.05) is 20.3 Å². The molecule has 41 valence electrons. The summed E-state index contributed by atoms with van der Waals surface area (Å²) in [5.41, 5.74) is 6.73. The minimum Gasteiger partial charge on any atom is -0.677 e. The van der Waals surface area contributed by atoms with Crippen molar-refractivity contribution < 1.29 is 44.1 Å². The van der Waals surface area contributed by atoms with Crippen LogP contribution in [0, 0.1) is 50.0 Å². The number of nitrogens with one attached hydrogen (secondary N) is 1. The van der Waals surface area contributed by atoms with Gasteiger partial charge >= 0.3 is 0 Å². The van der Waals surface area contributed by atoms with Crippen molar-refractivity contribution in [3.05, 3.63) is 5.73 Å². The van der Waals surface area contributed by atoms with Gasteiger partial charge in [-0.3, -0.25) is 0 Å². The van der Waals surface area contributed by atoms with Gasteiger partial charge in [-0.25, -0.2) is 0 Å². The fourth-order valence-electron chi connectivity index (χ4n) is 0.289. The van der Waals surface area contributed by atoms with E-state index in [4.69, 9.17) is 5.73 Å². The molecule has 0 aromatic heterocycles. The normalized spacial score (nSPS) is 8.57. The van der Waals surface area contributed by atoms with Gasteiger partial charge in [0, 0.05) is 44.1 Å². The summed E-state index contributed by atoms with van der Waals surface area (Å²) in [6.45, 7) is 4.85. The largest absolute Gasteiger partial charge is 0.677 e. The first-order valence-electron chi connectivity index (χ1n) is 2.42. The zero-order valence-corrected chi connectivity index (χ0v) is 9.81. The zero-order chi connectivity index (χ0) is 4.99. The van der Waals surface area contributed by atoms with Crippen molar-refractivity contribution >= 4 is 0 Å². The van der Waals surface area contributed by atoms with Gasteiger partial charge < -0.3 is 5.73 Å². The van der Waals surface area contributed by atoms with E-state index in [1.165, 1.54) is 0 Å². The molecule has 1 nitrogen and oxygen atoms in total. The smallest absolute Gasteiger partial charge is 0 e. The van der Waals surface area contributed by atoms with Crippen LogP contribution in [-0.4, -0.2) is 6.54 Å². The van der Waals surface area contributed by atoms with E-state index in [-0.39, 0.29) is 44.1 Å². The van der Waals surface area contributed by atoms with Crippen LogP contribution in [0.4, 0.5) is 0 Å². The van der Waals surface area contributed by atoms with Crippen molar-refractivity contribution in [1.29, 1.82) is 0 Å². The Morgan fingerprint density at radius 1 is 1.43 bits per heavy atom. The molecule has 0 saturated heterocycles. The van der Waals surface area contributed by atoms with E-state index in [9.17, 15) is 0 Å². The van der Waals surface area contributed by atoms with Gasteiger partial charge in [-0.05, 0) is 5.92 Å². The molecule has 0 heterocycles. The second-order valence-electron chi connectivity index (χ2n) is 1.93. The van der Waals surface area contributed by atoms with Crippen molar-refractivity contribution in [2.75, 3.05) is 6.54 Å². The van der Waals surface area contributed by atoms with Gasteiger partial charge in [0.2, 0.25) is 0 Å². The average Bonchev–Trinajstić information content (AvgIpc) is 1.35. The van der Waals surface area contributed by atoms with E-state index in [1.807, 2.05) is 0 Å². The molecule has 0 saturated carbocycles. The van der Waals surface area contributed by atoms with Gasteiger partial charge in [0.05, 0.1) is 0 Å². The van der Waals surface area contributed by atoms with Gasteiger partial charge in [0.15, 0.2) is 0 Å². The molecule has 0 fully saturated rings. The Bertz CT molecular complexity index is 29.3. The van der Waals surface area contributed by atoms with E-state index >= 15 is 0 Å². The summed E-state index contributed by atoms with van der Waals surface area (Å²) in [7, 11) is 0. The maximum absolute atomic E-state index is 6.73. The number of hydrogen-bond acceptors (Lipinski definition) is 0. The summed E-state index contributed by atoms with van der Waals surface area (Å²) >= 11 is 0. The molecule has 0 bridgehead atoms. The average molecular weight is 313 g/mol. The topological polar surface area (TPSA) is 23.8 Å². The predicted molar refractivity (Wildman–Crippen MR) is 28.6 cm³/mol. The van der Waals surface area contributed by atoms with Crippen LogP contribution < -0.4 is 0 Å². The standard InChI is InChI=1S/C5H12N.Ac/c1-5(2)3-4-6;/h5-6H,3-4H2,1-2H3;/q-1;. The Balaban J connectivity index is 0. The van der Waals surface area contributed by atoms with Crippen LogP contribution in [0.15, 0.2) is 0 Å². The van der Waals surface area contributed by atoms with E-state index in [1.54, 1.807) is 0 Å². The van der Waals surface area contributed by atoms with Gasteiger partial charge in [0.25, 0.3) is 0 Å². The quantitative estimate of drug-likeness (QED) is 0.745. The van der Waals surface area contributed by atoms with Crippen LogP contribution >= 0.6 is 0 Å². The van der Waals surface area contributed by atoms with Crippen molar-refractivity contribution in [2.45, 2.75) is 20.3 Å². The summed E-state index contributed by atoms with van der Waals surface area (Å²) < 4.78 is 0. The molecule has 0 unspecified atom stereocenters. The fraction of sp³-hybridized carbons (Fsp3) is 1.00. The summed E-state index contributed by atoms with van der Waals surface area (Å²) in [6.07, 6.45) is 1.04. The van der Waals surface area contributed by atoms with Crippen LogP contribution in [0.5, 0.6) is 0 Å². The molecule has 0 amide bonds. The van der Waals surface area contributed by atoms with Gasteiger partial charge in [0.1, 0.15) is 0 Å². The van der Waals surface area contributed by atoms with Crippen LogP contribution in [0.1, 0.15) is 20.3 Å². The van der Waals surface area contributed by atoms with Crippen molar-refractivity contribution in [2.24, 2.45) is 5.92 Å². The molecule has 0 aliphatic carbocycles. The van der Waals surface area contributed by atoms with Gasteiger partial charge in [-0.2, -0.15) is 6.54 Å². The molecule has 0 aromatic carbocycles. The molecule has 1 radical (unpaired) electrons. The Morgan fingerprint density at radius 2 is 1.86 bits per heavy atom. The third-order valence-corrected chi connectivity index (χ3v) is 0.722. The number of rotatable bonds is 2. The first-order chi connectivity index (χ1) is 2.77. The Morgan fingerprint density at radius 3 is 1.86 bits per heavy atom. The van der Waals surface area contributed by atoms with Crippen LogP contribution in [0.25, 0.3) is 5.73 Å². The van der Waals surface area contributed by atoms with Crippen molar-refractivity contribution in [3.63, 3.8) is 0 Å². The molecule has 0 aliphatic heterocycles. The Kier molecular flexibility index (Phi) is 11.9. The van der Waals surface area contributed by atoms with E-state index < -0.39 is 0 Å². The molecule has 7 heavy (non-hydrogen) atoms. The second kappa shape index (κ2) is 7.40. The zero-order valence-electron chi connectivity index (χ0n) is 5.07. The molecular formula is C5H12AcN-. The molecule has 0 rings (SSSR count).